The number of nitrogens with one attached hydrogen (secondary N) is 2. The molecule has 0 aromatic heterocycles. The lowest BCUT2D eigenvalue weighted by atomic mass is 10.0. The summed E-state index contributed by atoms with van der Waals surface area (Å²) in [6.45, 7) is 3.25. The molecule has 0 bridgehead atoms. The molecule has 3 rings (SSSR count). The van der Waals surface area contributed by atoms with E-state index in [-0.39, 0.29) is 18.8 Å². The summed E-state index contributed by atoms with van der Waals surface area (Å²) in [5.74, 6) is -0.410. The Labute approximate surface area is 174 Å². The second-order valence-electron chi connectivity index (χ2n) is 7.45. The van der Waals surface area contributed by atoms with E-state index in [9.17, 15) is 14.4 Å². The molecule has 2 aromatic carbocycles. The molecule has 1 aliphatic rings. The van der Waals surface area contributed by atoms with Crippen LogP contribution in [0.5, 0.6) is 11.5 Å². The number of carbonyl (C=O) groups is 3. The molecule has 8 nitrogen and oxygen atoms in total. The highest BCUT2D eigenvalue weighted by molar-refractivity contribution is 5.95. The van der Waals surface area contributed by atoms with Crippen molar-refractivity contribution in [1.29, 1.82) is 0 Å². The van der Waals surface area contributed by atoms with Gasteiger partial charge in [0.25, 0.3) is 5.91 Å². The van der Waals surface area contributed by atoms with Gasteiger partial charge in [0, 0.05) is 18.5 Å². The third-order valence-corrected chi connectivity index (χ3v) is 4.31. The van der Waals surface area contributed by atoms with E-state index in [4.69, 9.17) is 14.2 Å². The lowest BCUT2D eigenvalue weighted by Crippen LogP contribution is -2.41. The van der Waals surface area contributed by atoms with Crippen molar-refractivity contribution in [2.45, 2.75) is 32.4 Å². The molecule has 0 unspecified atom stereocenters. The molecular weight excluding hydrogens is 388 g/mol. The zero-order valence-corrected chi connectivity index (χ0v) is 16.9. The van der Waals surface area contributed by atoms with E-state index in [1.165, 1.54) is 0 Å². The average Bonchev–Trinajstić information content (AvgIpc) is 3.04. The van der Waals surface area contributed by atoms with Crippen LogP contribution in [0.15, 0.2) is 48.5 Å². The van der Waals surface area contributed by atoms with Gasteiger partial charge in [0.1, 0.15) is 5.60 Å². The van der Waals surface area contributed by atoms with Crippen molar-refractivity contribution in [2.24, 2.45) is 0 Å². The predicted octanol–water partition coefficient (Wildman–Crippen LogP) is 2.35. The van der Waals surface area contributed by atoms with Gasteiger partial charge in [-0.15, -0.1) is 0 Å². The summed E-state index contributed by atoms with van der Waals surface area (Å²) < 4.78 is 16.2. The van der Waals surface area contributed by atoms with Crippen LogP contribution in [0.4, 0.5) is 4.79 Å². The fourth-order valence-corrected chi connectivity index (χ4v) is 3.01. The van der Waals surface area contributed by atoms with Crippen LogP contribution < -0.4 is 20.1 Å². The Kier molecular flexibility index (Phi) is 6.56. The molecule has 3 amide bonds. The maximum absolute atomic E-state index is 11.9. The monoisotopic (exact) mass is 412 g/mol. The number of benzene rings is 2. The fourth-order valence-electron chi connectivity index (χ4n) is 3.01. The zero-order valence-electron chi connectivity index (χ0n) is 16.9. The third kappa shape index (κ3) is 5.97. The van der Waals surface area contributed by atoms with Crippen molar-refractivity contribution in [1.82, 2.24) is 10.6 Å². The first-order valence-corrected chi connectivity index (χ1v) is 9.53. The van der Waals surface area contributed by atoms with Gasteiger partial charge < -0.3 is 19.5 Å². The van der Waals surface area contributed by atoms with Gasteiger partial charge >= 0.3 is 12.0 Å². The summed E-state index contributed by atoms with van der Waals surface area (Å²) in [7, 11) is 0. The SMILES string of the molecule is CC1(C)Cc2cccc(OCC(=O)OCC(=O)NC(=O)NCc3ccccc3)c2O1. The molecular formula is C22H24N2O6. The molecule has 8 heteroatoms. The highest BCUT2D eigenvalue weighted by Crippen LogP contribution is 2.41. The van der Waals surface area contributed by atoms with Crippen LogP contribution in [0.2, 0.25) is 0 Å². The summed E-state index contributed by atoms with van der Waals surface area (Å²) in [6.07, 6.45) is 0.747. The Balaban J connectivity index is 1.37. The Bertz CT molecular complexity index is 926. The maximum Gasteiger partial charge on any atom is 0.344 e. The number of para-hydroxylation sites is 1. The van der Waals surface area contributed by atoms with Gasteiger partial charge in [-0.1, -0.05) is 42.5 Å². The number of ether oxygens (including phenoxy) is 3. The van der Waals surface area contributed by atoms with Gasteiger partial charge in [0.05, 0.1) is 0 Å². The number of hydrogen-bond donors (Lipinski definition) is 2. The van der Waals surface area contributed by atoms with E-state index in [0.717, 1.165) is 17.5 Å². The van der Waals surface area contributed by atoms with Crippen LogP contribution in [0.3, 0.4) is 0 Å². The Morgan fingerprint density at radius 1 is 1.03 bits per heavy atom. The molecule has 0 aliphatic carbocycles. The van der Waals surface area contributed by atoms with Crippen LogP contribution in [0.25, 0.3) is 0 Å². The van der Waals surface area contributed by atoms with Gasteiger partial charge in [-0.2, -0.15) is 0 Å². The van der Waals surface area contributed by atoms with Crippen LogP contribution in [0, 0.1) is 0 Å². The largest absolute Gasteiger partial charge is 0.483 e. The molecule has 30 heavy (non-hydrogen) atoms. The average molecular weight is 412 g/mol. The van der Waals surface area contributed by atoms with Crippen molar-refractivity contribution in [3.8, 4) is 11.5 Å². The first kappa shape index (κ1) is 21.2. The minimum atomic E-state index is -0.736. The smallest absolute Gasteiger partial charge is 0.344 e. The second kappa shape index (κ2) is 9.30. The van der Waals surface area contributed by atoms with Gasteiger partial charge in [-0.05, 0) is 25.5 Å². The molecule has 1 aliphatic heterocycles. The summed E-state index contributed by atoms with van der Waals surface area (Å²) >= 11 is 0. The van der Waals surface area contributed by atoms with E-state index in [0.29, 0.717) is 11.5 Å². The number of hydrogen-bond acceptors (Lipinski definition) is 6. The fraction of sp³-hybridized carbons (Fsp3) is 0.318. The van der Waals surface area contributed by atoms with Crippen LogP contribution >= 0.6 is 0 Å². The molecule has 0 saturated carbocycles. The normalized spacial score (nSPS) is 13.5. The van der Waals surface area contributed by atoms with Crippen molar-refractivity contribution < 1.29 is 28.6 Å². The molecule has 0 fully saturated rings. The molecule has 0 spiro atoms. The number of esters is 1. The van der Waals surface area contributed by atoms with Crippen molar-refractivity contribution in [2.75, 3.05) is 13.2 Å². The van der Waals surface area contributed by atoms with Crippen molar-refractivity contribution >= 4 is 17.9 Å². The van der Waals surface area contributed by atoms with Gasteiger partial charge in [-0.3, -0.25) is 10.1 Å². The van der Waals surface area contributed by atoms with Crippen molar-refractivity contribution in [3.63, 3.8) is 0 Å². The second-order valence-corrected chi connectivity index (χ2v) is 7.45. The van der Waals surface area contributed by atoms with Crippen LogP contribution in [0.1, 0.15) is 25.0 Å². The molecule has 0 atom stereocenters. The quantitative estimate of drug-likeness (QED) is 0.677. The number of urea groups is 1. The Morgan fingerprint density at radius 3 is 2.57 bits per heavy atom. The number of imide groups is 1. The Hall–Kier alpha value is -3.55. The number of amides is 3. The first-order valence-electron chi connectivity index (χ1n) is 9.53. The first-order chi connectivity index (χ1) is 14.3. The minimum absolute atomic E-state index is 0.272. The predicted molar refractivity (Wildman–Crippen MR) is 108 cm³/mol. The van der Waals surface area contributed by atoms with E-state index >= 15 is 0 Å². The molecule has 2 aromatic rings. The van der Waals surface area contributed by atoms with Gasteiger partial charge in [0.2, 0.25) is 0 Å². The van der Waals surface area contributed by atoms with Gasteiger partial charge in [-0.25, -0.2) is 9.59 Å². The zero-order chi connectivity index (χ0) is 21.6. The van der Waals surface area contributed by atoms with Gasteiger partial charge in [0.15, 0.2) is 24.7 Å². The highest BCUT2D eigenvalue weighted by atomic mass is 16.6. The lowest BCUT2D eigenvalue weighted by molar-refractivity contribution is -0.150. The summed E-state index contributed by atoms with van der Waals surface area (Å²) in [5.41, 5.74) is 1.57. The minimum Gasteiger partial charge on any atom is -0.483 e. The lowest BCUT2D eigenvalue weighted by Gasteiger charge is -2.18. The number of rotatable bonds is 7. The van der Waals surface area contributed by atoms with Crippen LogP contribution in [-0.4, -0.2) is 36.7 Å². The third-order valence-electron chi connectivity index (χ3n) is 4.31. The van der Waals surface area contributed by atoms with E-state index in [1.807, 2.05) is 56.3 Å². The van der Waals surface area contributed by atoms with Crippen molar-refractivity contribution in [3.05, 3.63) is 59.7 Å². The molecule has 0 saturated heterocycles. The summed E-state index contributed by atoms with van der Waals surface area (Å²) in [5, 5.41) is 4.64. The molecule has 1 heterocycles. The van der Waals surface area contributed by atoms with E-state index < -0.39 is 24.5 Å². The summed E-state index contributed by atoms with van der Waals surface area (Å²) in [6, 6.07) is 14.1. The standard InChI is InChI=1S/C22H24N2O6/c1-22(2)11-16-9-6-10-17(20(16)30-22)28-14-19(26)29-13-18(25)24-21(27)23-12-15-7-4-3-5-8-15/h3-10H,11-14H2,1-2H3,(H2,23,24,25,27). The Morgan fingerprint density at radius 2 is 1.80 bits per heavy atom. The summed E-state index contributed by atoms with van der Waals surface area (Å²) in [4.78, 5) is 35.4. The number of fused-ring (bicyclic) bond motifs is 1. The van der Waals surface area contributed by atoms with Crippen LogP contribution in [-0.2, 0) is 27.3 Å². The highest BCUT2D eigenvalue weighted by Gasteiger charge is 2.32. The molecule has 2 N–H and O–H groups in total. The molecule has 158 valence electrons. The topological polar surface area (TPSA) is 103 Å². The van der Waals surface area contributed by atoms with E-state index in [1.54, 1.807) is 6.07 Å². The maximum atomic E-state index is 11.9. The molecule has 0 radical (unpaired) electrons. The number of carbonyl (C=O) groups excluding carboxylic acids is 3. The van der Waals surface area contributed by atoms with E-state index in [2.05, 4.69) is 10.6 Å².